The Morgan fingerprint density at radius 3 is 2.92 bits per heavy atom. The average Bonchev–Trinajstić information content (AvgIpc) is 3.06. The van der Waals surface area contributed by atoms with Crippen LogP contribution in [0, 0.1) is 11.3 Å². The van der Waals surface area contributed by atoms with Crippen LogP contribution in [0.1, 0.15) is 18.4 Å². The van der Waals surface area contributed by atoms with Crippen LogP contribution in [0.25, 0.3) is 22.2 Å². The molecule has 1 aliphatic heterocycles. The zero-order valence-electron chi connectivity index (χ0n) is 13.5. The number of aromatic amines is 1. The van der Waals surface area contributed by atoms with E-state index in [0.717, 1.165) is 29.4 Å². The topological polar surface area (TPSA) is 91.2 Å². The molecule has 3 heterocycles. The van der Waals surface area contributed by atoms with Gasteiger partial charge in [0.2, 0.25) is 0 Å². The van der Waals surface area contributed by atoms with Crippen LogP contribution in [0.15, 0.2) is 36.7 Å². The average molecular weight is 335 g/mol. The van der Waals surface area contributed by atoms with Crippen molar-refractivity contribution >= 4 is 11.0 Å². The number of benzene rings is 1. The lowest BCUT2D eigenvalue weighted by Crippen LogP contribution is -2.26. The molecule has 0 unspecified atom stereocenters. The van der Waals surface area contributed by atoms with Crippen LogP contribution in [0.3, 0.4) is 0 Å². The van der Waals surface area contributed by atoms with Crippen LogP contribution in [-0.4, -0.2) is 34.4 Å². The minimum atomic E-state index is 0.0842. The number of aromatic nitrogens is 2. The van der Waals surface area contributed by atoms with E-state index < -0.39 is 0 Å². The summed E-state index contributed by atoms with van der Waals surface area (Å²) in [7, 11) is 0. The number of nitrogens with one attached hydrogen (secondary N) is 1. The molecule has 6 nitrogen and oxygen atoms in total. The first-order valence-electron chi connectivity index (χ1n) is 8.19. The summed E-state index contributed by atoms with van der Waals surface area (Å²) < 4.78 is 11.3. The second-order valence-corrected chi connectivity index (χ2v) is 6.04. The van der Waals surface area contributed by atoms with Crippen LogP contribution < -0.4 is 4.74 Å². The molecule has 25 heavy (non-hydrogen) atoms. The van der Waals surface area contributed by atoms with Gasteiger partial charge in [-0.25, -0.2) is 4.98 Å². The Bertz CT molecular complexity index is 952. The number of pyridine rings is 1. The summed E-state index contributed by atoms with van der Waals surface area (Å²) in [6.45, 7) is 1.38. The number of fused-ring (bicyclic) bond motifs is 1. The fourth-order valence-electron chi connectivity index (χ4n) is 3.09. The number of aromatic hydroxyl groups is 1. The van der Waals surface area contributed by atoms with Crippen LogP contribution in [0.4, 0.5) is 0 Å². The molecule has 0 atom stereocenters. The summed E-state index contributed by atoms with van der Waals surface area (Å²) in [5, 5.41) is 20.0. The lowest BCUT2D eigenvalue weighted by atomic mass is 10.0. The number of H-pyrrole nitrogens is 1. The van der Waals surface area contributed by atoms with Gasteiger partial charge in [0.25, 0.3) is 0 Å². The van der Waals surface area contributed by atoms with Gasteiger partial charge in [0.15, 0.2) is 0 Å². The van der Waals surface area contributed by atoms with E-state index in [1.807, 2.05) is 18.3 Å². The molecular weight excluding hydrogens is 318 g/mol. The first-order chi connectivity index (χ1) is 12.2. The standard InChI is InChI=1S/C19H17N3O3/c20-9-13-7-12(1-2-18(13)25-15-3-5-24-6-4-15)17-11-22-19-16(17)8-14(23)10-21-19/h1-2,7-8,10-11,15,23H,3-6H2,(H,21,22). The third-order valence-corrected chi connectivity index (χ3v) is 4.39. The van der Waals surface area contributed by atoms with Gasteiger partial charge in [-0.05, 0) is 23.8 Å². The highest BCUT2D eigenvalue weighted by Gasteiger charge is 2.18. The largest absolute Gasteiger partial charge is 0.506 e. The molecule has 0 bridgehead atoms. The number of ether oxygens (including phenoxy) is 2. The second kappa shape index (κ2) is 6.46. The van der Waals surface area contributed by atoms with Crippen molar-refractivity contribution in [3.63, 3.8) is 0 Å². The zero-order chi connectivity index (χ0) is 17.2. The van der Waals surface area contributed by atoms with Gasteiger partial charge in [0.1, 0.15) is 29.3 Å². The van der Waals surface area contributed by atoms with Crippen molar-refractivity contribution in [3.8, 4) is 28.7 Å². The normalized spacial score (nSPS) is 15.2. The summed E-state index contributed by atoms with van der Waals surface area (Å²) in [5.41, 5.74) is 2.93. The number of rotatable bonds is 3. The number of hydrogen-bond acceptors (Lipinski definition) is 5. The third kappa shape index (κ3) is 3.02. The fraction of sp³-hybridized carbons (Fsp3) is 0.263. The monoisotopic (exact) mass is 335 g/mol. The molecule has 6 heteroatoms. The molecule has 4 rings (SSSR count). The molecule has 0 spiro atoms. The fourth-order valence-corrected chi connectivity index (χ4v) is 3.09. The molecule has 1 saturated heterocycles. The highest BCUT2D eigenvalue weighted by molar-refractivity contribution is 5.94. The van der Waals surface area contributed by atoms with Crippen LogP contribution in [0.2, 0.25) is 0 Å². The molecule has 2 aromatic heterocycles. The minimum absolute atomic E-state index is 0.0842. The van der Waals surface area contributed by atoms with E-state index in [9.17, 15) is 10.4 Å². The van der Waals surface area contributed by atoms with Crippen LogP contribution >= 0.6 is 0 Å². The van der Waals surface area contributed by atoms with Crippen molar-refractivity contribution in [2.45, 2.75) is 18.9 Å². The maximum absolute atomic E-state index is 9.69. The third-order valence-electron chi connectivity index (χ3n) is 4.39. The Labute approximate surface area is 144 Å². The van der Waals surface area contributed by atoms with Crippen molar-refractivity contribution in [2.24, 2.45) is 0 Å². The summed E-state index contributed by atoms with van der Waals surface area (Å²) in [6.07, 6.45) is 4.97. The minimum Gasteiger partial charge on any atom is -0.506 e. The molecule has 1 fully saturated rings. The second-order valence-electron chi connectivity index (χ2n) is 6.04. The SMILES string of the molecule is N#Cc1cc(-c2c[nH]c3ncc(O)cc23)ccc1OC1CCOCC1. The summed E-state index contributed by atoms with van der Waals surface area (Å²) in [6, 6.07) is 9.43. The van der Waals surface area contributed by atoms with Crippen molar-refractivity contribution in [2.75, 3.05) is 13.2 Å². The number of nitrogens with zero attached hydrogens (tertiary/aromatic N) is 2. The van der Waals surface area contributed by atoms with E-state index in [0.29, 0.717) is 30.2 Å². The lowest BCUT2D eigenvalue weighted by molar-refractivity contribution is 0.0254. The Balaban J connectivity index is 1.69. The molecule has 0 amide bonds. The van der Waals surface area contributed by atoms with Crippen molar-refractivity contribution in [1.82, 2.24) is 9.97 Å². The maximum atomic E-state index is 9.69. The Morgan fingerprint density at radius 1 is 1.28 bits per heavy atom. The summed E-state index contributed by atoms with van der Waals surface area (Å²) >= 11 is 0. The van der Waals surface area contributed by atoms with Gasteiger partial charge in [-0.1, -0.05) is 6.07 Å². The smallest absolute Gasteiger partial charge is 0.138 e. The number of nitriles is 1. The quantitative estimate of drug-likeness (QED) is 0.766. The predicted molar refractivity (Wildman–Crippen MR) is 92.4 cm³/mol. The van der Waals surface area contributed by atoms with Crippen LogP contribution in [-0.2, 0) is 4.74 Å². The highest BCUT2D eigenvalue weighted by atomic mass is 16.5. The van der Waals surface area contributed by atoms with Crippen LogP contribution in [0.5, 0.6) is 11.5 Å². The summed E-state index contributed by atoms with van der Waals surface area (Å²) in [5.74, 6) is 0.701. The zero-order valence-corrected chi connectivity index (χ0v) is 13.5. The van der Waals surface area contributed by atoms with E-state index >= 15 is 0 Å². The number of hydrogen-bond donors (Lipinski definition) is 2. The van der Waals surface area contributed by atoms with Crippen molar-refractivity contribution < 1.29 is 14.6 Å². The Morgan fingerprint density at radius 2 is 2.12 bits per heavy atom. The first kappa shape index (κ1) is 15.5. The Hall–Kier alpha value is -3.04. The van der Waals surface area contributed by atoms with E-state index in [2.05, 4.69) is 16.0 Å². The van der Waals surface area contributed by atoms with Gasteiger partial charge in [-0.3, -0.25) is 0 Å². The van der Waals surface area contributed by atoms with E-state index in [1.165, 1.54) is 6.20 Å². The Kier molecular flexibility index (Phi) is 4.00. The first-order valence-corrected chi connectivity index (χ1v) is 8.19. The van der Waals surface area contributed by atoms with Gasteiger partial charge in [-0.15, -0.1) is 0 Å². The van der Waals surface area contributed by atoms with Gasteiger partial charge >= 0.3 is 0 Å². The molecule has 0 saturated carbocycles. The molecule has 126 valence electrons. The molecule has 3 aromatic rings. The molecule has 1 aromatic carbocycles. The van der Waals surface area contributed by atoms with Crippen molar-refractivity contribution in [1.29, 1.82) is 5.26 Å². The molecule has 2 N–H and O–H groups in total. The molecule has 1 aliphatic rings. The summed E-state index contributed by atoms with van der Waals surface area (Å²) in [4.78, 5) is 7.24. The van der Waals surface area contributed by atoms with E-state index in [1.54, 1.807) is 12.1 Å². The molecule has 0 radical (unpaired) electrons. The van der Waals surface area contributed by atoms with Gasteiger partial charge in [-0.2, -0.15) is 5.26 Å². The highest BCUT2D eigenvalue weighted by Crippen LogP contribution is 2.33. The van der Waals surface area contributed by atoms with E-state index in [-0.39, 0.29) is 11.9 Å². The maximum Gasteiger partial charge on any atom is 0.138 e. The molecular formula is C19H17N3O3. The lowest BCUT2D eigenvalue weighted by Gasteiger charge is -2.23. The van der Waals surface area contributed by atoms with Gasteiger partial charge in [0.05, 0.1) is 25.0 Å². The van der Waals surface area contributed by atoms with Gasteiger partial charge < -0.3 is 19.6 Å². The molecule has 0 aliphatic carbocycles. The van der Waals surface area contributed by atoms with Crippen molar-refractivity contribution in [3.05, 3.63) is 42.2 Å². The predicted octanol–water partition coefficient (Wildman–Crippen LogP) is 3.36. The van der Waals surface area contributed by atoms with E-state index in [4.69, 9.17) is 9.47 Å². The van der Waals surface area contributed by atoms with Gasteiger partial charge in [0, 0.05) is 30.0 Å².